The van der Waals surface area contributed by atoms with Crippen LogP contribution < -0.4 is 5.32 Å². The number of thiophene rings is 1. The molecule has 0 saturated carbocycles. The van der Waals surface area contributed by atoms with Crippen molar-refractivity contribution in [1.82, 2.24) is 15.1 Å². The minimum atomic E-state index is -0.147. The van der Waals surface area contributed by atoms with E-state index in [9.17, 15) is 4.79 Å². The minimum Gasteiger partial charge on any atom is -0.344 e. The Morgan fingerprint density at radius 2 is 2.04 bits per heavy atom. The van der Waals surface area contributed by atoms with Gasteiger partial charge in [0, 0.05) is 6.54 Å². The highest BCUT2D eigenvalue weighted by Crippen LogP contribution is 2.25. The van der Waals surface area contributed by atoms with E-state index < -0.39 is 0 Å². The molecule has 0 spiro atoms. The van der Waals surface area contributed by atoms with Gasteiger partial charge < -0.3 is 5.32 Å². The number of carbonyl (C=O) groups is 1. The van der Waals surface area contributed by atoms with Crippen molar-refractivity contribution < 1.29 is 4.79 Å². The molecule has 0 radical (unpaired) electrons. The van der Waals surface area contributed by atoms with Crippen LogP contribution in [0.1, 0.15) is 35.9 Å². The largest absolute Gasteiger partial charge is 0.344 e. The van der Waals surface area contributed by atoms with Gasteiger partial charge in [-0.25, -0.2) is 0 Å². The summed E-state index contributed by atoms with van der Waals surface area (Å²) in [5.74, 6) is -0.147. The van der Waals surface area contributed by atoms with Crippen molar-refractivity contribution in [2.24, 2.45) is 0 Å². The first kappa shape index (κ1) is 15.5. The maximum absolute atomic E-state index is 12.5. The maximum atomic E-state index is 12.5. The molecule has 1 atom stereocenters. The molecule has 3 rings (SSSR count). The third kappa shape index (κ3) is 3.35. The van der Waals surface area contributed by atoms with E-state index >= 15 is 0 Å². The zero-order chi connectivity index (χ0) is 16.2. The van der Waals surface area contributed by atoms with E-state index in [0.29, 0.717) is 5.69 Å². The van der Waals surface area contributed by atoms with E-state index in [-0.39, 0.29) is 11.9 Å². The second-order valence-electron chi connectivity index (χ2n) is 5.31. The predicted molar refractivity (Wildman–Crippen MR) is 93.5 cm³/mol. The molecule has 0 fully saturated rings. The number of nitrogens with zero attached hydrogens (tertiary/aromatic N) is 2. The molecule has 0 aliphatic carbocycles. The van der Waals surface area contributed by atoms with E-state index in [1.54, 1.807) is 11.3 Å². The van der Waals surface area contributed by atoms with Crippen LogP contribution in [0.3, 0.4) is 0 Å². The highest BCUT2D eigenvalue weighted by Gasteiger charge is 2.17. The lowest BCUT2D eigenvalue weighted by Gasteiger charge is -2.13. The fraction of sp³-hybridized carbons (Fsp3) is 0.222. The molecule has 1 unspecified atom stereocenters. The van der Waals surface area contributed by atoms with Gasteiger partial charge in [-0.05, 0) is 36.9 Å². The minimum absolute atomic E-state index is 0.0549. The van der Waals surface area contributed by atoms with E-state index in [1.807, 2.05) is 72.4 Å². The summed E-state index contributed by atoms with van der Waals surface area (Å²) >= 11 is 1.65. The summed E-state index contributed by atoms with van der Waals surface area (Å²) in [5.41, 5.74) is 2.52. The first-order chi connectivity index (χ1) is 11.2. The molecule has 4 nitrogen and oxygen atoms in total. The summed E-state index contributed by atoms with van der Waals surface area (Å²) in [7, 11) is 0. The van der Waals surface area contributed by atoms with Crippen LogP contribution in [-0.2, 0) is 6.54 Å². The highest BCUT2D eigenvalue weighted by atomic mass is 32.1. The van der Waals surface area contributed by atoms with Gasteiger partial charge in [0.1, 0.15) is 0 Å². The second kappa shape index (κ2) is 6.79. The highest BCUT2D eigenvalue weighted by molar-refractivity contribution is 7.13. The molecule has 2 aromatic heterocycles. The molecule has 1 N–H and O–H groups in total. The van der Waals surface area contributed by atoms with E-state index in [4.69, 9.17) is 0 Å². The third-order valence-corrected chi connectivity index (χ3v) is 4.63. The fourth-order valence-electron chi connectivity index (χ4n) is 2.49. The number of nitrogens with one attached hydrogen (secondary N) is 1. The van der Waals surface area contributed by atoms with Gasteiger partial charge in [0.2, 0.25) is 0 Å². The van der Waals surface area contributed by atoms with Crippen molar-refractivity contribution in [3.8, 4) is 10.6 Å². The predicted octanol–water partition coefficient (Wildman–Crippen LogP) is 4.12. The van der Waals surface area contributed by atoms with E-state index in [2.05, 4.69) is 10.4 Å². The topological polar surface area (TPSA) is 46.9 Å². The first-order valence-electron chi connectivity index (χ1n) is 7.66. The number of hydrogen-bond acceptors (Lipinski definition) is 3. The molecule has 0 saturated heterocycles. The Labute approximate surface area is 139 Å². The Bertz CT molecular complexity index is 778. The SMILES string of the molecule is CCn1nc(C(=O)NC(C)c2ccccc2)cc1-c1cccs1. The van der Waals surface area contributed by atoms with Crippen LogP contribution in [0.2, 0.25) is 0 Å². The Balaban J connectivity index is 1.80. The number of hydrogen-bond donors (Lipinski definition) is 1. The molecule has 118 valence electrons. The third-order valence-electron chi connectivity index (χ3n) is 3.73. The van der Waals surface area contributed by atoms with E-state index in [0.717, 1.165) is 22.7 Å². The number of carbonyl (C=O) groups excluding carboxylic acids is 1. The van der Waals surface area contributed by atoms with Gasteiger partial charge in [0.15, 0.2) is 5.69 Å². The molecular formula is C18H19N3OS. The van der Waals surface area contributed by atoms with Crippen LogP contribution in [-0.4, -0.2) is 15.7 Å². The second-order valence-corrected chi connectivity index (χ2v) is 6.26. The number of rotatable bonds is 5. The van der Waals surface area contributed by atoms with Crippen molar-refractivity contribution in [2.45, 2.75) is 26.4 Å². The summed E-state index contributed by atoms with van der Waals surface area (Å²) in [5, 5.41) is 9.48. The Morgan fingerprint density at radius 1 is 1.26 bits per heavy atom. The van der Waals surface area contributed by atoms with Crippen LogP contribution >= 0.6 is 11.3 Å². The first-order valence-corrected chi connectivity index (χ1v) is 8.54. The van der Waals surface area contributed by atoms with Crippen molar-refractivity contribution in [2.75, 3.05) is 0 Å². The monoisotopic (exact) mass is 325 g/mol. The van der Waals surface area contributed by atoms with Gasteiger partial charge in [0.05, 0.1) is 16.6 Å². The Kier molecular flexibility index (Phi) is 4.57. The summed E-state index contributed by atoms with van der Waals surface area (Å²) < 4.78 is 1.87. The molecule has 0 aliphatic rings. The van der Waals surface area contributed by atoms with Crippen LogP contribution in [0.15, 0.2) is 53.9 Å². The fourth-order valence-corrected chi connectivity index (χ4v) is 3.23. The number of amides is 1. The maximum Gasteiger partial charge on any atom is 0.272 e. The van der Waals surface area contributed by atoms with Gasteiger partial charge in [-0.2, -0.15) is 5.10 Å². The normalized spacial score (nSPS) is 12.1. The molecule has 0 bridgehead atoms. The average Bonchev–Trinajstić information content (AvgIpc) is 3.24. The standard InChI is InChI=1S/C18H19N3OS/c1-3-21-16(17-10-7-11-23-17)12-15(20-21)18(22)19-13(2)14-8-5-4-6-9-14/h4-13H,3H2,1-2H3,(H,19,22). The van der Waals surface area contributed by atoms with E-state index in [1.165, 1.54) is 0 Å². The molecule has 3 aromatic rings. The lowest BCUT2D eigenvalue weighted by Crippen LogP contribution is -2.27. The summed E-state index contributed by atoms with van der Waals surface area (Å²) in [4.78, 5) is 13.6. The Morgan fingerprint density at radius 3 is 2.70 bits per heavy atom. The van der Waals surface area contributed by atoms with Gasteiger partial charge in [-0.3, -0.25) is 9.48 Å². The number of aryl methyl sites for hydroxylation is 1. The zero-order valence-corrected chi connectivity index (χ0v) is 14.0. The van der Waals surface area contributed by atoms with Gasteiger partial charge in [-0.1, -0.05) is 36.4 Å². The number of benzene rings is 1. The van der Waals surface area contributed by atoms with Crippen LogP contribution in [0.25, 0.3) is 10.6 Å². The molecule has 1 aromatic carbocycles. The summed E-state index contributed by atoms with van der Waals surface area (Å²) in [6, 6.07) is 15.8. The lowest BCUT2D eigenvalue weighted by molar-refractivity contribution is 0.0934. The summed E-state index contributed by atoms with van der Waals surface area (Å²) in [6.45, 7) is 4.73. The quantitative estimate of drug-likeness (QED) is 0.767. The molecule has 23 heavy (non-hydrogen) atoms. The van der Waals surface area contributed by atoms with Gasteiger partial charge in [0.25, 0.3) is 5.91 Å². The molecule has 5 heteroatoms. The van der Waals surface area contributed by atoms with Gasteiger partial charge >= 0.3 is 0 Å². The van der Waals surface area contributed by atoms with Crippen molar-refractivity contribution >= 4 is 17.2 Å². The van der Waals surface area contributed by atoms with Crippen LogP contribution in [0.5, 0.6) is 0 Å². The smallest absolute Gasteiger partial charge is 0.272 e. The molecule has 1 amide bonds. The summed E-state index contributed by atoms with van der Waals surface area (Å²) in [6.07, 6.45) is 0. The van der Waals surface area contributed by atoms with Crippen molar-refractivity contribution in [1.29, 1.82) is 0 Å². The lowest BCUT2D eigenvalue weighted by atomic mass is 10.1. The average molecular weight is 325 g/mol. The van der Waals surface area contributed by atoms with Crippen LogP contribution in [0, 0.1) is 0 Å². The van der Waals surface area contributed by atoms with Crippen molar-refractivity contribution in [3.63, 3.8) is 0 Å². The van der Waals surface area contributed by atoms with Gasteiger partial charge in [-0.15, -0.1) is 11.3 Å². The Hall–Kier alpha value is -2.40. The zero-order valence-electron chi connectivity index (χ0n) is 13.2. The van der Waals surface area contributed by atoms with Crippen molar-refractivity contribution in [3.05, 3.63) is 65.2 Å². The number of aromatic nitrogens is 2. The molecular weight excluding hydrogens is 306 g/mol. The molecule has 0 aliphatic heterocycles. The molecule has 2 heterocycles. The van der Waals surface area contributed by atoms with Crippen LogP contribution in [0.4, 0.5) is 0 Å².